The fourth-order valence-corrected chi connectivity index (χ4v) is 0. The third-order valence-electron chi connectivity index (χ3n) is 0. The molecule has 0 aromatic rings. The molecule has 0 unspecified atom stereocenters. The fourth-order valence-electron chi connectivity index (χ4n) is 0. The van der Waals surface area contributed by atoms with Gasteiger partial charge in [0.05, 0.1) is 23.7 Å². The Morgan fingerprint density at radius 2 is 0.700 bits per heavy atom. The summed E-state index contributed by atoms with van der Waals surface area (Å²) in [5.41, 5.74) is 0. The van der Waals surface area contributed by atoms with Gasteiger partial charge >= 0.3 is 27.5 Å². The second-order valence-corrected chi connectivity index (χ2v) is 0. The molecule has 0 aromatic carbocycles. The van der Waals surface area contributed by atoms with Crippen LogP contribution in [-0.4, -0.2) is 9.32 Å². The molecule has 0 bridgehead atoms. The summed E-state index contributed by atoms with van der Waals surface area (Å²) in [4.78, 5) is 0. The zero-order valence-electron chi connectivity index (χ0n) is 4.19. The Labute approximate surface area is 109 Å². The summed E-state index contributed by atoms with van der Waals surface area (Å²) in [6.45, 7) is 0. The molecule has 70 valence electrons. The standard InChI is InChI=1S/2ClHO.4ClH.O.Zr/c2*1-2;;;;;;/h2*2H;4*1H;;. The van der Waals surface area contributed by atoms with E-state index >= 15 is 0 Å². The van der Waals surface area contributed by atoms with Gasteiger partial charge in [0.2, 0.25) is 0 Å². The van der Waals surface area contributed by atoms with E-state index in [1.54, 1.807) is 0 Å². The molecule has 0 aliphatic rings. The van der Waals surface area contributed by atoms with Crippen LogP contribution in [0.3, 0.4) is 0 Å². The minimum atomic E-state index is 0. The van der Waals surface area contributed by atoms with Crippen molar-refractivity contribution in [1.82, 2.24) is 0 Å². The van der Waals surface area contributed by atoms with Crippen molar-refractivity contribution in [2.75, 3.05) is 0 Å². The molecule has 0 aromatic heterocycles. The Balaban J connectivity index is -0.00000000225. The molecule has 0 rings (SSSR count). The van der Waals surface area contributed by atoms with E-state index < -0.39 is 0 Å². The van der Waals surface area contributed by atoms with Crippen LogP contribution in [0.1, 0.15) is 0 Å². The van der Waals surface area contributed by atoms with E-state index in [-0.39, 0.29) is 49.6 Å². The van der Waals surface area contributed by atoms with Crippen molar-refractivity contribution in [3.05, 3.63) is 0 Å². The average molecular weight is 358 g/mol. The van der Waals surface area contributed by atoms with Gasteiger partial charge in [-0.25, -0.2) is 0 Å². The van der Waals surface area contributed by atoms with Crippen LogP contribution >= 0.6 is 73.4 Å². The van der Waals surface area contributed by atoms with Gasteiger partial charge in [-0.1, -0.05) is 0 Å². The third-order valence-corrected chi connectivity index (χ3v) is 0. The first-order valence-corrected chi connectivity index (χ1v) is 2.22. The Hall–Kier alpha value is 2.34. The molecule has 0 aliphatic heterocycles. The van der Waals surface area contributed by atoms with E-state index in [1.165, 1.54) is 0 Å². The second kappa shape index (κ2) is 221. The molecule has 10 heavy (non-hydrogen) atoms. The van der Waals surface area contributed by atoms with Gasteiger partial charge in [0.25, 0.3) is 0 Å². The van der Waals surface area contributed by atoms with E-state index in [1.807, 2.05) is 0 Å². The Bertz CT molecular complexity index is 13.0. The summed E-state index contributed by atoms with van der Waals surface area (Å²) in [6, 6.07) is 0. The first-order chi connectivity index (χ1) is 3.00. The molecule has 0 aliphatic carbocycles. The van der Waals surface area contributed by atoms with Gasteiger partial charge in [0.1, 0.15) is 0 Å². The van der Waals surface area contributed by atoms with Crippen LogP contribution in [0.25, 0.3) is 0 Å². The monoisotopic (exact) mass is 354 g/mol. The van der Waals surface area contributed by atoms with E-state index in [0.717, 1.165) is 0 Å². The summed E-state index contributed by atoms with van der Waals surface area (Å²) >= 11 is 7.58. The van der Waals surface area contributed by atoms with Crippen LogP contribution < -0.4 is 0 Å². The molecule has 0 amide bonds. The van der Waals surface area contributed by atoms with Gasteiger partial charge in [-0.3, -0.25) is 9.32 Å². The van der Waals surface area contributed by atoms with Gasteiger partial charge in [0.15, 0.2) is 0 Å². The topological polar surface area (TPSA) is 57.5 Å². The van der Waals surface area contributed by atoms with Crippen LogP contribution in [0.15, 0.2) is 0 Å². The van der Waals surface area contributed by atoms with Gasteiger partial charge in [-0.15, -0.1) is 49.6 Å². The fraction of sp³-hybridized carbons (Fsp3) is 0. The first kappa shape index (κ1) is 55.6. The van der Waals surface area contributed by atoms with E-state index in [2.05, 4.69) is 23.7 Å². The Morgan fingerprint density at radius 3 is 0.700 bits per heavy atom. The molecule has 0 radical (unpaired) electrons. The van der Waals surface area contributed by atoms with Gasteiger partial charge < -0.3 is 0 Å². The first-order valence-electron chi connectivity index (χ1n) is 0.542. The van der Waals surface area contributed by atoms with E-state index in [4.69, 9.17) is 12.1 Å². The zero-order valence-corrected chi connectivity index (χ0v) is 11.4. The molecule has 0 heterocycles. The van der Waals surface area contributed by atoms with E-state index in [0.29, 0.717) is 24.7 Å². The molecule has 3 nitrogen and oxygen atoms in total. The Morgan fingerprint density at radius 1 is 0.700 bits per heavy atom. The summed E-state index contributed by atoms with van der Waals surface area (Å²) in [6.07, 6.45) is 0. The number of hydrogen-bond acceptors (Lipinski definition) is 3. The van der Waals surface area contributed by atoms with Crippen LogP contribution in [0.5, 0.6) is 0 Å². The summed E-state index contributed by atoms with van der Waals surface area (Å²) in [5, 5.41) is 0. The summed E-state index contributed by atoms with van der Waals surface area (Å²) in [7, 11) is 0. The molecule has 2 N–H and O–H groups in total. The van der Waals surface area contributed by atoms with Gasteiger partial charge in [-0.05, 0) is 0 Å². The van der Waals surface area contributed by atoms with Gasteiger partial charge in [-0.2, -0.15) is 0 Å². The molecule has 0 atom stereocenters. The number of rotatable bonds is 0. The molecular weight excluding hydrogens is 352 g/mol. The predicted octanol–water partition coefficient (Wildman–Crippen LogP) is 1.83. The molecule has 10 heteroatoms. The number of hydrogen-bond donors (Lipinski definition) is 2. The van der Waals surface area contributed by atoms with Crippen molar-refractivity contribution in [1.29, 1.82) is 0 Å². The quantitative estimate of drug-likeness (QED) is 0.695. The average Bonchev–Trinajstić information content (AvgIpc) is 1.81. The summed E-state index contributed by atoms with van der Waals surface area (Å²) in [5.74, 6) is 0. The van der Waals surface area contributed by atoms with Crippen LogP contribution in [0, 0.1) is 0 Å². The second-order valence-electron chi connectivity index (χ2n) is 0. The van der Waals surface area contributed by atoms with Crippen molar-refractivity contribution in [2.24, 2.45) is 0 Å². The molecule has 0 saturated carbocycles. The van der Waals surface area contributed by atoms with E-state index in [9.17, 15) is 0 Å². The van der Waals surface area contributed by atoms with Crippen LogP contribution in [-0.2, 0) is 27.5 Å². The maximum absolute atomic E-state index is 8.34. The van der Waals surface area contributed by atoms with Crippen molar-refractivity contribution >= 4 is 73.4 Å². The Kier molecular flexibility index (Phi) is 1230. The third kappa shape index (κ3) is 164. The van der Waals surface area contributed by atoms with Crippen LogP contribution in [0.4, 0.5) is 0 Å². The van der Waals surface area contributed by atoms with Gasteiger partial charge in [0, 0.05) is 0 Å². The molecular formula is H6Cl6O3Zr. The molecule has 0 fully saturated rings. The molecule has 0 spiro atoms. The van der Waals surface area contributed by atoms with Crippen molar-refractivity contribution in [3.63, 3.8) is 0 Å². The molecule has 0 saturated heterocycles. The summed E-state index contributed by atoms with van der Waals surface area (Å²) < 4.78 is 21.3. The van der Waals surface area contributed by atoms with Crippen molar-refractivity contribution in [3.8, 4) is 0 Å². The van der Waals surface area contributed by atoms with Crippen molar-refractivity contribution < 1.29 is 36.9 Å². The SMILES string of the molecule is Cl.Cl.Cl.Cl.OCl.OCl.[O]=[Zr]. The maximum atomic E-state index is 8.34. The van der Waals surface area contributed by atoms with Crippen molar-refractivity contribution in [2.45, 2.75) is 0 Å². The normalized spacial score (nSPS) is 1.50. The van der Waals surface area contributed by atoms with Crippen LogP contribution in [0.2, 0.25) is 0 Å². The number of halogens is 6. The minimum absolute atomic E-state index is 0. The zero-order chi connectivity index (χ0) is 6.00. The predicted molar refractivity (Wildman–Crippen MR) is 45.8 cm³/mol.